The van der Waals surface area contributed by atoms with Crippen LogP contribution in [-0.4, -0.2) is 5.11 Å². The monoisotopic (exact) mass is 304 g/mol. The zero-order chi connectivity index (χ0) is 15.0. The van der Waals surface area contributed by atoms with Crippen LogP contribution in [0.4, 0.5) is 8.78 Å². The summed E-state index contributed by atoms with van der Waals surface area (Å²) in [5.74, 6) is -2.02. The van der Waals surface area contributed by atoms with E-state index in [0.29, 0.717) is 16.0 Å². The molecule has 4 heteroatoms. The lowest BCUT2D eigenvalue weighted by Crippen LogP contribution is -2.05. The molecule has 106 valence electrons. The van der Waals surface area contributed by atoms with Crippen molar-refractivity contribution in [3.8, 4) is 0 Å². The fourth-order valence-corrected chi connectivity index (χ4v) is 2.65. The smallest absolute Gasteiger partial charge is 0.164 e. The number of aliphatic hydroxyl groups is 1. The summed E-state index contributed by atoms with van der Waals surface area (Å²) >= 11 is 6.12. The van der Waals surface area contributed by atoms with Crippen LogP contribution in [0.3, 0.4) is 0 Å². The summed E-state index contributed by atoms with van der Waals surface area (Å²) in [6.07, 6.45) is -1.26. The van der Waals surface area contributed by atoms with Crippen molar-refractivity contribution in [3.63, 3.8) is 0 Å². The van der Waals surface area contributed by atoms with Gasteiger partial charge in [0.25, 0.3) is 0 Å². The van der Waals surface area contributed by atoms with E-state index in [-0.39, 0.29) is 5.56 Å². The highest BCUT2D eigenvalue weighted by Gasteiger charge is 2.19. The molecule has 21 heavy (non-hydrogen) atoms. The maximum absolute atomic E-state index is 13.9. The van der Waals surface area contributed by atoms with Crippen molar-refractivity contribution < 1.29 is 13.9 Å². The van der Waals surface area contributed by atoms with E-state index in [9.17, 15) is 13.9 Å². The molecule has 0 fully saturated rings. The minimum Gasteiger partial charge on any atom is -0.384 e. The molecule has 0 heterocycles. The second kappa shape index (κ2) is 5.43. The summed E-state index contributed by atoms with van der Waals surface area (Å²) in [4.78, 5) is 0. The van der Waals surface area contributed by atoms with Gasteiger partial charge in [0.15, 0.2) is 11.6 Å². The van der Waals surface area contributed by atoms with Gasteiger partial charge in [0.2, 0.25) is 0 Å². The van der Waals surface area contributed by atoms with Crippen LogP contribution in [0.15, 0.2) is 54.6 Å². The molecule has 1 unspecified atom stereocenters. The van der Waals surface area contributed by atoms with Crippen LogP contribution in [-0.2, 0) is 0 Å². The van der Waals surface area contributed by atoms with Crippen LogP contribution in [0.25, 0.3) is 10.8 Å². The molecule has 3 rings (SSSR count). The average molecular weight is 305 g/mol. The highest BCUT2D eigenvalue weighted by atomic mass is 35.5. The van der Waals surface area contributed by atoms with Crippen LogP contribution in [0.5, 0.6) is 0 Å². The number of fused-ring (bicyclic) bond motifs is 1. The first-order chi connectivity index (χ1) is 10.1. The van der Waals surface area contributed by atoms with Gasteiger partial charge in [0, 0.05) is 16.0 Å². The summed E-state index contributed by atoms with van der Waals surface area (Å²) in [6, 6.07) is 14.3. The summed E-state index contributed by atoms with van der Waals surface area (Å²) in [5.41, 5.74) is 0.391. The molecule has 1 nitrogen and oxygen atoms in total. The summed E-state index contributed by atoms with van der Waals surface area (Å²) in [6.45, 7) is 0. The Morgan fingerprint density at radius 2 is 1.52 bits per heavy atom. The Hall–Kier alpha value is -1.97. The number of rotatable bonds is 2. The largest absolute Gasteiger partial charge is 0.384 e. The van der Waals surface area contributed by atoms with Crippen molar-refractivity contribution in [3.05, 3.63) is 82.4 Å². The Balaban J connectivity index is 2.21. The van der Waals surface area contributed by atoms with Crippen LogP contribution in [0.2, 0.25) is 5.02 Å². The van der Waals surface area contributed by atoms with Gasteiger partial charge in [0.05, 0.1) is 0 Å². The van der Waals surface area contributed by atoms with Crippen molar-refractivity contribution in [2.45, 2.75) is 6.10 Å². The zero-order valence-electron chi connectivity index (χ0n) is 10.9. The summed E-state index contributed by atoms with van der Waals surface area (Å²) in [5, 5.41) is 12.4. The Bertz CT molecular complexity index is 817. The average Bonchev–Trinajstić information content (AvgIpc) is 2.50. The maximum atomic E-state index is 13.9. The Labute approximate surface area is 125 Å². The minimum absolute atomic E-state index is 0.0949. The SMILES string of the molecule is OC(c1cccc(F)c1F)c1ccc(Cl)c2ccccc12. The van der Waals surface area contributed by atoms with E-state index >= 15 is 0 Å². The molecule has 0 aliphatic heterocycles. The molecule has 3 aromatic carbocycles. The lowest BCUT2D eigenvalue weighted by atomic mass is 9.95. The lowest BCUT2D eigenvalue weighted by molar-refractivity contribution is 0.215. The van der Waals surface area contributed by atoms with Gasteiger partial charge >= 0.3 is 0 Å². The van der Waals surface area contributed by atoms with Crippen LogP contribution < -0.4 is 0 Å². The molecule has 1 N–H and O–H groups in total. The first-order valence-electron chi connectivity index (χ1n) is 6.38. The first kappa shape index (κ1) is 14.0. The van der Waals surface area contributed by atoms with Crippen molar-refractivity contribution in [2.24, 2.45) is 0 Å². The maximum Gasteiger partial charge on any atom is 0.164 e. The molecule has 0 radical (unpaired) electrons. The summed E-state index contributed by atoms with van der Waals surface area (Å²) < 4.78 is 27.2. The molecule has 0 aliphatic carbocycles. The van der Waals surface area contributed by atoms with Gasteiger partial charge in [-0.2, -0.15) is 0 Å². The van der Waals surface area contributed by atoms with E-state index in [1.54, 1.807) is 24.3 Å². The van der Waals surface area contributed by atoms with Gasteiger partial charge in [-0.15, -0.1) is 0 Å². The number of benzene rings is 3. The van der Waals surface area contributed by atoms with Crippen molar-refractivity contribution in [1.29, 1.82) is 0 Å². The van der Waals surface area contributed by atoms with Crippen molar-refractivity contribution in [2.75, 3.05) is 0 Å². The molecule has 0 saturated heterocycles. The highest BCUT2D eigenvalue weighted by molar-refractivity contribution is 6.35. The third-order valence-electron chi connectivity index (χ3n) is 3.48. The van der Waals surface area contributed by atoms with Crippen molar-refractivity contribution in [1.82, 2.24) is 0 Å². The lowest BCUT2D eigenvalue weighted by Gasteiger charge is -2.16. The van der Waals surface area contributed by atoms with Gasteiger partial charge in [0.1, 0.15) is 6.10 Å². The Morgan fingerprint density at radius 3 is 2.29 bits per heavy atom. The molecule has 0 aliphatic rings. The summed E-state index contributed by atoms with van der Waals surface area (Å²) in [7, 11) is 0. The highest BCUT2D eigenvalue weighted by Crippen LogP contribution is 2.33. The topological polar surface area (TPSA) is 20.2 Å². The molecule has 0 spiro atoms. The minimum atomic E-state index is -1.26. The van der Waals surface area contributed by atoms with Crippen LogP contribution in [0, 0.1) is 11.6 Å². The number of aliphatic hydroxyl groups excluding tert-OH is 1. The fourth-order valence-electron chi connectivity index (χ4n) is 2.42. The molecule has 1 atom stereocenters. The number of hydrogen-bond acceptors (Lipinski definition) is 1. The van der Waals surface area contributed by atoms with E-state index < -0.39 is 17.7 Å². The molecule has 3 aromatic rings. The van der Waals surface area contributed by atoms with E-state index in [0.717, 1.165) is 11.5 Å². The van der Waals surface area contributed by atoms with Gasteiger partial charge in [-0.3, -0.25) is 0 Å². The van der Waals surface area contributed by atoms with Crippen molar-refractivity contribution >= 4 is 22.4 Å². The number of halogens is 3. The van der Waals surface area contributed by atoms with Gasteiger partial charge in [-0.25, -0.2) is 8.78 Å². The van der Waals surface area contributed by atoms with Gasteiger partial charge < -0.3 is 5.11 Å². The standard InChI is InChI=1S/C17H11ClF2O/c18-14-9-8-12(10-4-1-2-5-11(10)14)17(21)13-6-3-7-15(19)16(13)20/h1-9,17,21H. The van der Waals surface area contributed by atoms with Crippen LogP contribution >= 0.6 is 11.6 Å². The van der Waals surface area contributed by atoms with E-state index in [4.69, 9.17) is 11.6 Å². The van der Waals surface area contributed by atoms with E-state index in [2.05, 4.69) is 0 Å². The predicted molar refractivity (Wildman–Crippen MR) is 79.4 cm³/mol. The van der Waals surface area contributed by atoms with Gasteiger partial charge in [-0.1, -0.05) is 54.1 Å². The first-order valence-corrected chi connectivity index (χ1v) is 6.76. The van der Waals surface area contributed by atoms with E-state index in [1.165, 1.54) is 12.1 Å². The fraction of sp³-hybridized carbons (Fsp3) is 0.0588. The van der Waals surface area contributed by atoms with E-state index in [1.807, 2.05) is 12.1 Å². The predicted octanol–water partition coefficient (Wildman–Crippen LogP) is 4.85. The second-order valence-electron chi connectivity index (χ2n) is 4.73. The van der Waals surface area contributed by atoms with Crippen LogP contribution in [0.1, 0.15) is 17.2 Å². The normalized spacial score (nSPS) is 12.6. The third-order valence-corrected chi connectivity index (χ3v) is 3.80. The third kappa shape index (κ3) is 2.39. The molecule has 0 saturated carbocycles. The second-order valence-corrected chi connectivity index (χ2v) is 5.13. The molecule has 0 aromatic heterocycles. The quantitative estimate of drug-likeness (QED) is 0.717. The zero-order valence-corrected chi connectivity index (χ0v) is 11.6. The molecular weight excluding hydrogens is 294 g/mol. The molecule has 0 bridgehead atoms. The Morgan fingerprint density at radius 1 is 0.810 bits per heavy atom. The van der Waals surface area contributed by atoms with Gasteiger partial charge in [-0.05, 0) is 23.1 Å². The molecule has 0 amide bonds. The Kier molecular flexibility index (Phi) is 3.62. The number of hydrogen-bond donors (Lipinski definition) is 1. The molecular formula is C17H11ClF2O.